The van der Waals surface area contributed by atoms with Gasteiger partial charge in [0.05, 0.1) is 23.8 Å². The van der Waals surface area contributed by atoms with Crippen molar-refractivity contribution in [3.05, 3.63) is 56.9 Å². The van der Waals surface area contributed by atoms with E-state index in [1.165, 1.54) is 4.68 Å². The summed E-state index contributed by atoms with van der Waals surface area (Å²) in [5.41, 5.74) is 0.297. The van der Waals surface area contributed by atoms with E-state index < -0.39 is 5.97 Å². The number of thiazole rings is 1. The first-order valence-corrected chi connectivity index (χ1v) is 6.65. The Kier molecular flexibility index (Phi) is 3.03. The van der Waals surface area contributed by atoms with Crippen molar-refractivity contribution in [1.82, 2.24) is 14.8 Å². The van der Waals surface area contributed by atoms with Gasteiger partial charge in [0.25, 0.3) is 5.56 Å². The minimum Gasteiger partial charge on any atom is -0.476 e. The maximum Gasteiger partial charge on any atom is 0.365 e. The third-order valence-corrected chi connectivity index (χ3v) is 3.69. The minimum atomic E-state index is -1.07. The van der Waals surface area contributed by atoms with Gasteiger partial charge in [-0.25, -0.2) is 14.5 Å². The summed E-state index contributed by atoms with van der Waals surface area (Å²) in [5.74, 6) is -1.07. The standard InChI is InChI=1S/C13H9N3O3S/c17-12-10-4-2-1-3-8(10)5-14-16(12)6-9-7-20-11(15-9)13(18)19/h1-5,7H,6H2,(H,18,19). The topological polar surface area (TPSA) is 85.1 Å². The van der Waals surface area contributed by atoms with Crippen LogP contribution in [0.2, 0.25) is 0 Å². The van der Waals surface area contributed by atoms with Crippen LogP contribution < -0.4 is 5.56 Å². The molecule has 0 saturated carbocycles. The number of carbonyl (C=O) groups is 1. The first-order valence-electron chi connectivity index (χ1n) is 5.78. The molecule has 0 radical (unpaired) electrons. The molecule has 2 heterocycles. The van der Waals surface area contributed by atoms with Crippen molar-refractivity contribution in [1.29, 1.82) is 0 Å². The second-order valence-electron chi connectivity index (χ2n) is 4.14. The van der Waals surface area contributed by atoms with Crippen LogP contribution in [0.15, 0.2) is 40.6 Å². The number of aromatic nitrogens is 3. The van der Waals surface area contributed by atoms with E-state index in [0.717, 1.165) is 16.7 Å². The highest BCUT2D eigenvalue weighted by molar-refractivity contribution is 7.11. The van der Waals surface area contributed by atoms with E-state index in [1.807, 2.05) is 12.1 Å². The van der Waals surface area contributed by atoms with E-state index in [1.54, 1.807) is 23.7 Å². The van der Waals surface area contributed by atoms with Gasteiger partial charge in [-0.05, 0) is 6.07 Å². The number of hydrogen-bond donors (Lipinski definition) is 1. The predicted molar refractivity (Wildman–Crippen MR) is 74.2 cm³/mol. The first kappa shape index (κ1) is 12.5. The Hall–Kier alpha value is -2.54. The summed E-state index contributed by atoms with van der Waals surface area (Å²) < 4.78 is 1.28. The van der Waals surface area contributed by atoms with E-state index in [9.17, 15) is 9.59 Å². The Morgan fingerprint density at radius 1 is 1.35 bits per heavy atom. The van der Waals surface area contributed by atoms with E-state index in [-0.39, 0.29) is 17.1 Å². The fraction of sp³-hybridized carbons (Fsp3) is 0.0769. The second-order valence-corrected chi connectivity index (χ2v) is 5.00. The van der Waals surface area contributed by atoms with Crippen LogP contribution in [0.1, 0.15) is 15.5 Å². The largest absolute Gasteiger partial charge is 0.476 e. The van der Waals surface area contributed by atoms with Crippen LogP contribution in [0.3, 0.4) is 0 Å². The van der Waals surface area contributed by atoms with Gasteiger partial charge < -0.3 is 5.11 Å². The van der Waals surface area contributed by atoms with Gasteiger partial charge in [0.2, 0.25) is 5.01 Å². The molecule has 2 aromatic heterocycles. The van der Waals surface area contributed by atoms with Gasteiger partial charge >= 0.3 is 5.97 Å². The minimum absolute atomic E-state index is 0.00818. The molecule has 0 atom stereocenters. The summed E-state index contributed by atoms with van der Waals surface area (Å²) >= 11 is 1.03. The van der Waals surface area contributed by atoms with E-state index >= 15 is 0 Å². The zero-order valence-electron chi connectivity index (χ0n) is 10.2. The van der Waals surface area contributed by atoms with E-state index in [2.05, 4.69) is 10.1 Å². The smallest absolute Gasteiger partial charge is 0.365 e. The summed E-state index contributed by atoms with van der Waals surface area (Å²) in [6.45, 7) is 0.160. The van der Waals surface area contributed by atoms with Crippen molar-refractivity contribution in [2.24, 2.45) is 0 Å². The van der Waals surface area contributed by atoms with E-state index in [4.69, 9.17) is 5.11 Å². The fourth-order valence-corrected chi connectivity index (χ4v) is 2.52. The van der Waals surface area contributed by atoms with Crippen molar-refractivity contribution >= 4 is 28.1 Å². The van der Waals surface area contributed by atoms with Crippen molar-refractivity contribution in [3.8, 4) is 0 Å². The number of carboxylic acid groups (broad SMARTS) is 1. The van der Waals surface area contributed by atoms with Crippen LogP contribution in [-0.4, -0.2) is 25.8 Å². The summed E-state index contributed by atoms with van der Waals surface area (Å²) in [4.78, 5) is 27.0. The monoisotopic (exact) mass is 287 g/mol. The molecule has 3 aromatic rings. The SMILES string of the molecule is O=C(O)c1nc(Cn2ncc3ccccc3c2=O)cs1. The quantitative estimate of drug-likeness (QED) is 0.791. The van der Waals surface area contributed by atoms with E-state index in [0.29, 0.717) is 11.1 Å². The maximum absolute atomic E-state index is 12.2. The lowest BCUT2D eigenvalue weighted by molar-refractivity contribution is 0.0696. The van der Waals surface area contributed by atoms with Crippen LogP contribution >= 0.6 is 11.3 Å². The molecule has 3 rings (SSSR count). The van der Waals surface area contributed by atoms with Crippen molar-refractivity contribution in [2.75, 3.05) is 0 Å². The molecule has 0 unspecified atom stereocenters. The van der Waals surface area contributed by atoms with Gasteiger partial charge in [-0.2, -0.15) is 5.10 Å². The Balaban J connectivity index is 2.00. The number of rotatable bonds is 3. The zero-order valence-corrected chi connectivity index (χ0v) is 11.0. The lowest BCUT2D eigenvalue weighted by atomic mass is 10.2. The highest BCUT2D eigenvalue weighted by atomic mass is 32.1. The molecule has 6 nitrogen and oxygen atoms in total. The molecule has 1 N–H and O–H groups in total. The Morgan fingerprint density at radius 2 is 2.15 bits per heavy atom. The first-order chi connectivity index (χ1) is 9.65. The zero-order chi connectivity index (χ0) is 14.1. The predicted octanol–water partition coefficient (Wildman–Crippen LogP) is 1.60. The van der Waals surface area contributed by atoms with Gasteiger partial charge in [0, 0.05) is 10.8 Å². The third kappa shape index (κ3) is 2.19. The van der Waals surface area contributed by atoms with Crippen LogP contribution in [0.25, 0.3) is 10.8 Å². The summed E-state index contributed by atoms with van der Waals surface area (Å²) in [6.07, 6.45) is 1.61. The Labute approximate surface area is 116 Å². The molecule has 0 aliphatic rings. The number of fused-ring (bicyclic) bond motifs is 1. The fourth-order valence-electron chi connectivity index (χ4n) is 1.87. The molecule has 7 heteroatoms. The Bertz CT molecular complexity index is 853. The van der Waals surface area contributed by atoms with Gasteiger partial charge in [-0.1, -0.05) is 18.2 Å². The average molecular weight is 287 g/mol. The van der Waals surface area contributed by atoms with Crippen molar-refractivity contribution < 1.29 is 9.90 Å². The van der Waals surface area contributed by atoms with Gasteiger partial charge in [-0.15, -0.1) is 11.3 Å². The molecule has 100 valence electrons. The molecule has 1 aromatic carbocycles. The third-order valence-electron chi connectivity index (χ3n) is 2.81. The molecule has 0 aliphatic carbocycles. The molecule has 0 amide bonds. The van der Waals surface area contributed by atoms with Gasteiger partial charge in [0.1, 0.15) is 0 Å². The molecule has 0 bridgehead atoms. The number of hydrogen-bond acceptors (Lipinski definition) is 5. The number of carboxylic acids is 1. The summed E-state index contributed by atoms with van der Waals surface area (Å²) in [5, 5.41) is 15.9. The van der Waals surface area contributed by atoms with Gasteiger partial charge in [0.15, 0.2) is 0 Å². The van der Waals surface area contributed by atoms with Crippen LogP contribution in [0.5, 0.6) is 0 Å². The second kappa shape index (κ2) is 4.86. The molecular formula is C13H9N3O3S. The molecule has 0 aliphatic heterocycles. The Morgan fingerprint density at radius 3 is 2.90 bits per heavy atom. The molecule has 0 fully saturated rings. The number of benzene rings is 1. The maximum atomic E-state index is 12.2. The van der Waals surface area contributed by atoms with Crippen molar-refractivity contribution in [3.63, 3.8) is 0 Å². The van der Waals surface area contributed by atoms with Crippen LogP contribution in [0, 0.1) is 0 Å². The average Bonchev–Trinajstić information content (AvgIpc) is 2.91. The highest BCUT2D eigenvalue weighted by Crippen LogP contribution is 2.11. The van der Waals surface area contributed by atoms with Crippen LogP contribution in [-0.2, 0) is 6.54 Å². The normalized spacial score (nSPS) is 10.8. The summed E-state index contributed by atoms with van der Waals surface area (Å²) in [7, 11) is 0. The number of aromatic carboxylic acids is 1. The lowest BCUT2D eigenvalue weighted by Crippen LogP contribution is -2.23. The molecular weight excluding hydrogens is 278 g/mol. The summed E-state index contributed by atoms with van der Waals surface area (Å²) in [6, 6.07) is 7.19. The molecule has 0 saturated heterocycles. The van der Waals surface area contributed by atoms with Crippen molar-refractivity contribution in [2.45, 2.75) is 6.54 Å². The molecule has 0 spiro atoms. The number of nitrogens with zero attached hydrogens (tertiary/aromatic N) is 3. The highest BCUT2D eigenvalue weighted by Gasteiger charge is 2.11. The lowest BCUT2D eigenvalue weighted by Gasteiger charge is -2.03. The van der Waals surface area contributed by atoms with Gasteiger partial charge in [-0.3, -0.25) is 4.79 Å². The van der Waals surface area contributed by atoms with Crippen LogP contribution in [0.4, 0.5) is 0 Å². The molecule has 20 heavy (non-hydrogen) atoms.